The predicted octanol–water partition coefficient (Wildman–Crippen LogP) is 1.77. The molecule has 1 rings (SSSR count). The van der Waals surface area contributed by atoms with Crippen molar-refractivity contribution in [1.82, 2.24) is 4.98 Å². The Balaban J connectivity index is 3.50. The second kappa shape index (κ2) is 3.48. The minimum Gasteiger partial charge on any atom is -0.501 e. The quantitative estimate of drug-likeness (QED) is 0.456. The normalized spacial score (nSPS) is 10.6. The number of halogens is 3. The van der Waals surface area contributed by atoms with Gasteiger partial charge in [-0.1, -0.05) is 0 Å². The summed E-state index contributed by atoms with van der Waals surface area (Å²) >= 11 is 0. The van der Waals surface area contributed by atoms with Crippen LogP contribution in [0.1, 0.15) is 12.0 Å². The second-order valence-corrected chi connectivity index (χ2v) is 2.25. The van der Waals surface area contributed by atoms with Gasteiger partial charge in [0.1, 0.15) is 0 Å². The molecule has 0 atom stereocenters. The average molecular weight is 208 g/mol. The summed E-state index contributed by atoms with van der Waals surface area (Å²) in [4.78, 5) is 11.7. The van der Waals surface area contributed by atoms with Crippen LogP contribution in [0.4, 0.5) is 18.9 Å². The summed E-state index contributed by atoms with van der Waals surface area (Å²) in [6, 6.07) is 0. The Kier molecular flexibility index (Phi) is 2.54. The lowest BCUT2D eigenvalue weighted by Gasteiger charge is -2.03. The zero-order chi connectivity index (χ0) is 10.9. The van der Waals surface area contributed by atoms with Crippen LogP contribution in [0, 0.1) is 16.1 Å². The van der Waals surface area contributed by atoms with Crippen LogP contribution in [-0.2, 0) is 0 Å². The van der Waals surface area contributed by atoms with Gasteiger partial charge in [0.25, 0.3) is 6.43 Å². The highest BCUT2D eigenvalue weighted by molar-refractivity contribution is 5.50. The van der Waals surface area contributed by atoms with E-state index in [0.29, 0.717) is 6.20 Å². The number of alkyl halides is 2. The lowest BCUT2D eigenvalue weighted by Crippen LogP contribution is -2.01. The number of aromatic nitrogens is 1. The fourth-order valence-electron chi connectivity index (χ4n) is 0.869. The average Bonchev–Trinajstić information content (AvgIpc) is 2.07. The van der Waals surface area contributed by atoms with E-state index in [1.165, 1.54) is 0 Å². The van der Waals surface area contributed by atoms with Crippen LogP contribution in [0.5, 0.6) is 5.75 Å². The van der Waals surface area contributed by atoms with E-state index in [0.717, 1.165) is 0 Å². The molecule has 0 aromatic carbocycles. The number of rotatable bonds is 2. The molecule has 5 nitrogen and oxygen atoms in total. The molecular weight excluding hydrogens is 205 g/mol. The standard InChI is InChI=1S/C6H3F3N2O3/c7-5(8)3-4(11(13)14)2(12)1-10-6(3)9/h1,5,12H. The van der Waals surface area contributed by atoms with Crippen LogP contribution in [0.25, 0.3) is 0 Å². The fraction of sp³-hybridized carbons (Fsp3) is 0.167. The number of aromatic hydroxyl groups is 1. The lowest BCUT2D eigenvalue weighted by atomic mass is 10.2. The highest BCUT2D eigenvalue weighted by Gasteiger charge is 2.30. The van der Waals surface area contributed by atoms with Crippen molar-refractivity contribution in [3.05, 3.63) is 27.8 Å². The largest absolute Gasteiger partial charge is 0.501 e. The minimum atomic E-state index is -3.41. The van der Waals surface area contributed by atoms with Crippen molar-refractivity contribution < 1.29 is 23.2 Å². The molecular formula is C6H3F3N2O3. The number of hydrogen-bond acceptors (Lipinski definition) is 4. The SMILES string of the molecule is O=[N+]([O-])c1c(O)cnc(F)c1C(F)F. The highest BCUT2D eigenvalue weighted by Crippen LogP contribution is 2.36. The molecule has 0 bridgehead atoms. The summed E-state index contributed by atoms with van der Waals surface area (Å²) in [5.41, 5.74) is -2.86. The smallest absolute Gasteiger partial charge is 0.325 e. The molecule has 0 radical (unpaired) electrons. The van der Waals surface area contributed by atoms with E-state index in [4.69, 9.17) is 5.11 Å². The molecule has 0 spiro atoms. The van der Waals surface area contributed by atoms with Gasteiger partial charge in [0.15, 0.2) is 5.56 Å². The second-order valence-electron chi connectivity index (χ2n) is 2.25. The van der Waals surface area contributed by atoms with Gasteiger partial charge < -0.3 is 5.11 Å². The summed E-state index contributed by atoms with van der Waals surface area (Å²) in [7, 11) is 0. The first-order valence-electron chi connectivity index (χ1n) is 3.25. The van der Waals surface area contributed by atoms with Crippen molar-refractivity contribution in [2.75, 3.05) is 0 Å². The van der Waals surface area contributed by atoms with Gasteiger partial charge in [-0.05, 0) is 0 Å². The van der Waals surface area contributed by atoms with Crippen molar-refractivity contribution in [2.24, 2.45) is 0 Å². The summed E-state index contributed by atoms with van der Waals surface area (Å²) in [5.74, 6) is -2.75. The molecule has 0 saturated heterocycles. The van der Waals surface area contributed by atoms with Crippen molar-refractivity contribution in [3.8, 4) is 5.75 Å². The summed E-state index contributed by atoms with van der Waals surface area (Å²) in [6.07, 6.45) is -3.01. The zero-order valence-corrected chi connectivity index (χ0v) is 6.45. The molecule has 0 aliphatic heterocycles. The number of nitro groups is 1. The molecule has 0 aliphatic carbocycles. The molecule has 14 heavy (non-hydrogen) atoms. The van der Waals surface area contributed by atoms with Crippen LogP contribution < -0.4 is 0 Å². The van der Waals surface area contributed by atoms with Crippen LogP contribution >= 0.6 is 0 Å². The minimum absolute atomic E-state index is 0.402. The first-order chi connectivity index (χ1) is 6.45. The molecule has 8 heteroatoms. The van der Waals surface area contributed by atoms with Crippen molar-refractivity contribution in [2.45, 2.75) is 6.43 Å². The van der Waals surface area contributed by atoms with Crippen LogP contribution in [0.15, 0.2) is 6.20 Å². The van der Waals surface area contributed by atoms with E-state index in [1.54, 1.807) is 0 Å². The third-order valence-electron chi connectivity index (χ3n) is 1.42. The van der Waals surface area contributed by atoms with Gasteiger partial charge in [0.2, 0.25) is 11.7 Å². The monoisotopic (exact) mass is 208 g/mol. The molecule has 0 aliphatic rings. The van der Waals surface area contributed by atoms with Gasteiger partial charge in [-0.3, -0.25) is 10.1 Å². The number of hydrogen-bond donors (Lipinski definition) is 1. The van der Waals surface area contributed by atoms with Gasteiger partial charge in [-0.25, -0.2) is 13.8 Å². The maximum absolute atomic E-state index is 12.6. The van der Waals surface area contributed by atoms with Gasteiger partial charge in [-0.2, -0.15) is 4.39 Å². The predicted molar refractivity (Wildman–Crippen MR) is 37.5 cm³/mol. The van der Waals surface area contributed by atoms with Crippen molar-refractivity contribution >= 4 is 5.69 Å². The Morgan fingerprint density at radius 3 is 2.50 bits per heavy atom. The lowest BCUT2D eigenvalue weighted by molar-refractivity contribution is -0.387. The van der Waals surface area contributed by atoms with E-state index < -0.39 is 34.3 Å². The molecule has 1 aromatic heterocycles. The summed E-state index contributed by atoms with van der Waals surface area (Å²) in [5, 5.41) is 19.0. The molecule has 0 saturated carbocycles. The highest BCUT2D eigenvalue weighted by atomic mass is 19.3. The topological polar surface area (TPSA) is 76.3 Å². The van der Waals surface area contributed by atoms with Gasteiger partial charge in [0, 0.05) is 0 Å². The van der Waals surface area contributed by atoms with E-state index in [-0.39, 0.29) is 0 Å². The van der Waals surface area contributed by atoms with E-state index in [9.17, 15) is 23.3 Å². The Bertz CT molecular complexity index is 383. The first-order valence-corrected chi connectivity index (χ1v) is 3.25. The maximum Gasteiger partial charge on any atom is 0.325 e. The maximum atomic E-state index is 12.6. The van der Waals surface area contributed by atoms with Gasteiger partial charge in [-0.15, -0.1) is 0 Å². The van der Waals surface area contributed by atoms with Crippen molar-refractivity contribution in [1.29, 1.82) is 0 Å². The number of nitrogens with zero attached hydrogens (tertiary/aromatic N) is 2. The number of pyridine rings is 1. The Hall–Kier alpha value is -1.86. The zero-order valence-electron chi connectivity index (χ0n) is 6.45. The van der Waals surface area contributed by atoms with Crippen molar-refractivity contribution in [3.63, 3.8) is 0 Å². The third kappa shape index (κ3) is 1.58. The Morgan fingerprint density at radius 1 is 1.57 bits per heavy atom. The first kappa shape index (κ1) is 10.2. The summed E-state index contributed by atoms with van der Waals surface area (Å²) < 4.78 is 36.9. The van der Waals surface area contributed by atoms with Gasteiger partial charge >= 0.3 is 5.69 Å². The molecule has 0 unspecified atom stereocenters. The van der Waals surface area contributed by atoms with E-state index in [1.807, 2.05) is 0 Å². The fourth-order valence-corrected chi connectivity index (χ4v) is 0.869. The van der Waals surface area contributed by atoms with Crippen LogP contribution in [-0.4, -0.2) is 15.0 Å². The van der Waals surface area contributed by atoms with E-state index >= 15 is 0 Å². The molecule has 0 amide bonds. The Labute approximate surface area is 75.0 Å². The third-order valence-corrected chi connectivity index (χ3v) is 1.42. The molecule has 0 fully saturated rings. The van der Waals surface area contributed by atoms with Crippen LogP contribution in [0.3, 0.4) is 0 Å². The molecule has 1 heterocycles. The van der Waals surface area contributed by atoms with Gasteiger partial charge in [0.05, 0.1) is 11.1 Å². The molecule has 76 valence electrons. The molecule has 1 N–H and O–H groups in total. The summed E-state index contributed by atoms with van der Waals surface area (Å²) in [6.45, 7) is 0. The molecule has 1 aromatic rings. The Morgan fingerprint density at radius 2 is 2.14 bits per heavy atom. The van der Waals surface area contributed by atoms with Crippen LogP contribution in [0.2, 0.25) is 0 Å². The van der Waals surface area contributed by atoms with E-state index in [2.05, 4.69) is 4.98 Å².